The summed E-state index contributed by atoms with van der Waals surface area (Å²) in [6.07, 6.45) is 0.725. The Morgan fingerprint density at radius 3 is 2.67 bits per heavy atom. The van der Waals surface area contributed by atoms with Crippen LogP contribution in [-0.2, 0) is 4.79 Å². The van der Waals surface area contributed by atoms with Gasteiger partial charge in [-0.05, 0) is 13.0 Å². The standard InChI is InChI=1S/C5H11NO3/c7-4-6-3-1-2-5(8)9/h6-7H,1-4H2,(H,8,9). The Hall–Kier alpha value is -0.610. The molecule has 0 saturated carbocycles. The first-order valence-corrected chi connectivity index (χ1v) is 2.80. The summed E-state index contributed by atoms with van der Waals surface area (Å²) in [5.41, 5.74) is 0. The van der Waals surface area contributed by atoms with E-state index < -0.39 is 5.97 Å². The van der Waals surface area contributed by atoms with Crippen molar-refractivity contribution in [3.8, 4) is 0 Å². The second-order valence-corrected chi connectivity index (χ2v) is 1.66. The molecule has 9 heavy (non-hydrogen) atoms. The smallest absolute Gasteiger partial charge is 0.303 e. The zero-order valence-corrected chi connectivity index (χ0v) is 5.13. The average Bonchev–Trinajstić information content (AvgIpc) is 1.80. The van der Waals surface area contributed by atoms with E-state index in [-0.39, 0.29) is 13.2 Å². The quantitative estimate of drug-likeness (QED) is 0.345. The summed E-state index contributed by atoms with van der Waals surface area (Å²) in [5, 5.41) is 18.9. The summed E-state index contributed by atoms with van der Waals surface area (Å²) < 4.78 is 0. The van der Waals surface area contributed by atoms with Crippen LogP contribution in [0.4, 0.5) is 0 Å². The third kappa shape index (κ3) is 7.39. The second kappa shape index (κ2) is 5.53. The van der Waals surface area contributed by atoms with Gasteiger partial charge in [-0.1, -0.05) is 0 Å². The highest BCUT2D eigenvalue weighted by Gasteiger charge is 1.93. The van der Waals surface area contributed by atoms with Crippen molar-refractivity contribution in [1.29, 1.82) is 0 Å². The summed E-state index contributed by atoms with van der Waals surface area (Å²) >= 11 is 0. The van der Waals surface area contributed by atoms with Crippen LogP contribution in [0.2, 0.25) is 0 Å². The molecule has 0 bridgehead atoms. The number of aliphatic hydroxyl groups excluding tert-OH is 1. The lowest BCUT2D eigenvalue weighted by Gasteiger charge is -1.95. The van der Waals surface area contributed by atoms with Crippen molar-refractivity contribution in [2.45, 2.75) is 12.8 Å². The number of carbonyl (C=O) groups is 1. The molecule has 0 fully saturated rings. The highest BCUT2D eigenvalue weighted by Crippen LogP contribution is 1.84. The molecule has 0 atom stereocenters. The first kappa shape index (κ1) is 8.39. The van der Waals surface area contributed by atoms with Crippen LogP contribution in [0, 0.1) is 0 Å². The molecule has 4 nitrogen and oxygen atoms in total. The van der Waals surface area contributed by atoms with Crippen LogP contribution in [0.3, 0.4) is 0 Å². The average molecular weight is 133 g/mol. The first-order valence-electron chi connectivity index (χ1n) is 2.80. The van der Waals surface area contributed by atoms with E-state index in [0.717, 1.165) is 0 Å². The van der Waals surface area contributed by atoms with Crippen molar-refractivity contribution >= 4 is 5.97 Å². The highest BCUT2D eigenvalue weighted by molar-refractivity contribution is 5.66. The van der Waals surface area contributed by atoms with Crippen LogP contribution in [0.5, 0.6) is 0 Å². The third-order valence-corrected chi connectivity index (χ3v) is 0.856. The Morgan fingerprint density at radius 2 is 2.22 bits per heavy atom. The Morgan fingerprint density at radius 1 is 1.56 bits per heavy atom. The number of aliphatic carboxylic acids is 1. The molecule has 3 N–H and O–H groups in total. The van der Waals surface area contributed by atoms with Crippen LogP contribution >= 0.6 is 0 Å². The molecule has 0 unspecified atom stereocenters. The van der Waals surface area contributed by atoms with Crippen molar-refractivity contribution < 1.29 is 15.0 Å². The zero-order chi connectivity index (χ0) is 7.11. The maximum absolute atomic E-state index is 9.87. The van der Waals surface area contributed by atoms with Gasteiger partial charge in [0, 0.05) is 6.42 Å². The number of nitrogens with one attached hydrogen (secondary N) is 1. The van der Waals surface area contributed by atoms with Crippen molar-refractivity contribution in [2.75, 3.05) is 13.3 Å². The van der Waals surface area contributed by atoms with Gasteiger partial charge in [0.2, 0.25) is 0 Å². The van der Waals surface area contributed by atoms with Gasteiger partial charge in [-0.3, -0.25) is 10.1 Å². The Bertz CT molecular complexity index is 84.3. The highest BCUT2D eigenvalue weighted by atomic mass is 16.4. The molecule has 0 aromatic carbocycles. The molecule has 0 aromatic rings. The summed E-state index contributed by atoms with van der Waals surface area (Å²) in [4.78, 5) is 9.87. The monoisotopic (exact) mass is 133 g/mol. The van der Waals surface area contributed by atoms with Crippen molar-refractivity contribution in [1.82, 2.24) is 5.32 Å². The SMILES string of the molecule is O=C(O)CCCNCO. The fourth-order valence-corrected chi connectivity index (χ4v) is 0.444. The fraction of sp³-hybridized carbons (Fsp3) is 0.800. The number of rotatable bonds is 5. The molecule has 0 spiro atoms. The van der Waals surface area contributed by atoms with E-state index in [1.165, 1.54) is 0 Å². The van der Waals surface area contributed by atoms with E-state index in [0.29, 0.717) is 13.0 Å². The van der Waals surface area contributed by atoms with Gasteiger partial charge in [-0.15, -0.1) is 0 Å². The Balaban J connectivity index is 2.83. The molecule has 0 aliphatic heterocycles. The maximum Gasteiger partial charge on any atom is 0.303 e. The molecule has 54 valence electrons. The molecule has 0 heterocycles. The molecule has 0 amide bonds. The van der Waals surface area contributed by atoms with Crippen LogP contribution in [-0.4, -0.2) is 29.5 Å². The van der Waals surface area contributed by atoms with E-state index in [2.05, 4.69) is 5.32 Å². The number of hydrogen-bond acceptors (Lipinski definition) is 3. The molecule has 0 aliphatic carbocycles. The predicted octanol–water partition coefficient (Wildman–Crippen LogP) is -0.609. The minimum atomic E-state index is -0.797. The van der Waals surface area contributed by atoms with Crippen LogP contribution in [0.25, 0.3) is 0 Å². The largest absolute Gasteiger partial charge is 0.481 e. The van der Waals surface area contributed by atoms with Crippen molar-refractivity contribution in [3.05, 3.63) is 0 Å². The lowest BCUT2D eigenvalue weighted by Crippen LogP contribution is -2.16. The number of carboxylic acid groups (broad SMARTS) is 1. The number of carboxylic acids is 1. The Labute approximate surface area is 53.5 Å². The fourth-order valence-electron chi connectivity index (χ4n) is 0.444. The van der Waals surface area contributed by atoms with Gasteiger partial charge in [0.25, 0.3) is 0 Å². The van der Waals surface area contributed by atoms with E-state index in [9.17, 15) is 4.79 Å². The van der Waals surface area contributed by atoms with Gasteiger partial charge in [-0.2, -0.15) is 0 Å². The summed E-state index contributed by atoms with van der Waals surface area (Å²) in [6, 6.07) is 0. The maximum atomic E-state index is 9.87. The van der Waals surface area contributed by atoms with Gasteiger partial charge in [-0.25, -0.2) is 0 Å². The predicted molar refractivity (Wildman–Crippen MR) is 32.0 cm³/mol. The normalized spacial score (nSPS) is 9.44. The first-order chi connectivity index (χ1) is 4.27. The minimum absolute atomic E-state index is 0.0837. The van der Waals surface area contributed by atoms with Gasteiger partial charge in [0.05, 0.1) is 6.73 Å². The number of hydrogen-bond donors (Lipinski definition) is 3. The lowest BCUT2D eigenvalue weighted by atomic mass is 10.3. The van der Waals surface area contributed by atoms with Crippen LogP contribution < -0.4 is 5.32 Å². The topological polar surface area (TPSA) is 69.6 Å². The van der Waals surface area contributed by atoms with E-state index >= 15 is 0 Å². The van der Waals surface area contributed by atoms with Gasteiger partial charge in [0.15, 0.2) is 0 Å². The molecule has 4 heteroatoms. The molecule has 0 radical (unpaired) electrons. The molecule has 0 rings (SSSR count). The molecular formula is C5H11NO3. The van der Waals surface area contributed by atoms with Crippen LogP contribution in [0.15, 0.2) is 0 Å². The second-order valence-electron chi connectivity index (χ2n) is 1.66. The number of aliphatic hydroxyl groups is 1. The van der Waals surface area contributed by atoms with Crippen molar-refractivity contribution in [2.24, 2.45) is 0 Å². The summed E-state index contributed by atoms with van der Waals surface area (Å²) in [6.45, 7) is 0.475. The summed E-state index contributed by atoms with van der Waals surface area (Å²) in [5.74, 6) is -0.797. The summed E-state index contributed by atoms with van der Waals surface area (Å²) in [7, 11) is 0. The van der Waals surface area contributed by atoms with Gasteiger partial charge >= 0.3 is 5.97 Å². The van der Waals surface area contributed by atoms with E-state index in [4.69, 9.17) is 10.2 Å². The molecule has 0 aliphatic rings. The van der Waals surface area contributed by atoms with Gasteiger partial charge < -0.3 is 10.2 Å². The van der Waals surface area contributed by atoms with Gasteiger partial charge in [0.1, 0.15) is 0 Å². The lowest BCUT2D eigenvalue weighted by molar-refractivity contribution is -0.137. The van der Waals surface area contributed by atoms with E-state index in [1.54, 1.807) is 0 Å². The zero-order valence-electron chi connectivity index (χ0n) is 5.13. The Kier molecular flexibility index (Phi) is 5.15. The third-order valence-electron chi connectivity index (χ3n) is 0.856. The minimum Gasteiger partial charge on any atom is -0.481 e. The van der Waals surface area contributed by atoms with Crippen LogP contribution in [0.1, 0.15) is 12.8 Å². The molecule has 0 saturated heterocycles. The van der Waals surface area contributed by atoms with E-state index in [1.807, 2.05) is 0 Å². The van der Waals surface area contributed by atoms with Crippen molar-refractivity contribution in [3.63, 3.8) is 0 Å². The molecule has 0 aromatic heterocycles. The molecular weight excluding hydrogens is 122 g/mol.